The van der Waals surface area contributed by atoms with Crippen molar-refractivity contribution < 1.29 is 4.79 Å². The number of nitrogens with one attached hydrogen (secondary N) is 1. The highest BCUT2D eigenvalue weighted by atomic mass is 16.2. The molecule has 1 aromatic rings. The van der Waals surface area contributed by atoms with Crippen LogP contribution in [-0.4, -0.2) is 29.9 Å². The molecule has 0 bridgehead atoms. The topological polar surface area (TPSA) is 32.3 Å². The highest BCUT2D eigenvalue weighted by Gasteiger charge is 2.24. The lowest BCUT2D eigenvalue weighted by molar-refractivity contribution is -0.134. The molecule has 3 nitrogen and oxygen atoms in total. The van der Waals surface area contributed by atoms with Gasteiger partial charge in [-0.3, -0.25) is 4.79 Å². The number of benzene rings is 1. The molecular formula is C15H20N2O. The maximum atomic E-state index is 12.0. The number of carbonyl (C=O) groups is 1. The molecule has 18 heavy (non-hydrogen) atoms. The van der Waals surface area contributed by atoms with E-state index in [0.717, 1.165) is 26.1 Å². The zero-order valence-corrected chi connectivity index (χ0v) is 10.6. The van der Waals surface area contributed by atoms with E-state index >= 15 is 0 Å². The molecule has 96 valence electrons. The van der Waals surface area contributed by atoms with Crippen molar-refractivity contribution in [1.82, 2.24) is 10.2 Å². The van der Waals surface area contributed by atoms with Crippen LogP contribution in [0.1, 0.15) is 18.4 Å². The van der Waals surface area contributed by atoms with E-state index in [2.05, 4.69) is 24.0 Å². The van der Waals surface area contributed by atoms with Gasteiger partial charge in [0.1, 0.15) is 0 Å². The Bertz CT molecular complexity index is 402. The maximum Gasteiger partial charge on any atom is 0.224 e. The minimum atomic E-state index is 0.242. The van der Waals surface area contributed by atoms with Crippen LogP contribution in [0.5, 0.6) is 0 Å². The van der Waals surface area contributed by atoms with E-state index in [1.54, 1.807) is 0 Å². The van der Waals surface area contributed by atoms with Gasteiger partial charge in [0.15, 0.2) is 0 Å². The van der Waals surface area contributed by atoms with Gasteiger partial charge in [-0.1, -0.05) is 36.4 Å². The SMILES string of the molecule is C=CCN[C@@H]1CCN(Cc2ccccc2)C(=O)C1. The first-order chi connectivity index (χ1) is 8.79. The fraction of sp³-hybridized carbons (Fsp3) is 0.400. The molecule has 3 heteroatoms. The Morgan fingerprint density at radius 1 is 1.39 bits per heavy atom. The fourth-order valence-corrected chi connectivity index (χ4v) is 2.27. The second kappa shape index (κ2) is 6.36. The second-order valence-electron chi connectivity index (χ2n) is 4.69. The van der Waals surface area contributed by atoms with E-state index in [-0.39, 0.29) is 5.91 Å². The van der Waals surface area contributed by atoms with Crippen molar-refractivity contribution in [2.75, 3.05) is 13.1 Å². The van der Waals surface area contributed by atoms with Gasteiger partial charge in [0.05, 0.1) is 0 Å². The normalized spacial score (nSPS) is 19.9. The summed E-state index contributed by atoms with van der Waals surface area (Å²) >= 11 is 0. The van der Waals surface area contributed by atoms with Gasteiger partial charge in [0, 0.05) is 32.1 Å². The lowest BCUT2D eigenvalue weighted by Crippen LogP contribution is -2.45. The molecule has 1 N–H and O–H groups in total. The van der Waals surface area contributed by atoms with Gasteiger partial charge in [-0.25, -0.2) is 0 Å². The summed E-state index contributed by atoms with van der Waals surface area (Å²) in [4.78, 5) is 14.0. The van der Waals surface area contributed by atoms with Crippen LogP contribution in [0, 0.1) is 0 Å². The summed E-state index contributed by atoms with van der Waals surface area (Å²) in [5, 5.41) is 3.32. The maximum absolute atomic E-state index is 12.0. The number of carbonyl (C=O) groups excluding carboxylic acids is 1. The monoisotopic (exact) mass is 244 g/mol. The smallest absolute Gasteiger partial charge is 0.224 e. The predicted molar refractivity (Wildman–Crippen MR) is 73.1 cm³/mol. The van der Waals surface area contributed by atoms with Crippen molar-refractivity contribution in [2.45, 2.75) is 25.4 Å². The molecule has 1 amide bonds. The molecule has 1 aromatic carbocycles. The van der Waals surface area contributed by atoms with Crippen LogP contribution in [0.3, 0.4) is 0 Å². The molecule has 0 spiro atoms. The molecule has 0 saturated carbocycles. The summed E-state index contributed by atoms with van der Waals surface area (Å²) in [6.45, 7) is 6.02. The summed E-state index contributed by atoms with van der Waals surface area (Å²) < 4.78 is 0. The fourth-order valence-electron chi connectivity index (χ4n) is 2.27. The molecule has 0 aliphatic carbocycles. The molecular weight excluding hydrogens is 224 g/mol. The standard InChI is InChI=1S/C15H20N2O/c1-2-9-16-14-8-10-17(15(18)11-14)12-13-6-4-3-5-7-13/h2-7,14,16H,1,8-12H2/t14-/m1/s1. The minimum absolute atomic E-state index is 0.242. The van der Waals surface area contributed by atoms with Crippen LogP contribution in [0.4, 0.5) is 0 Å². The Hall–Kier alpha value is -1.61. The number of amides is 1. The van der Waals surface area contributed by atoms with Gasteiger partial charge in [-0.15, -0.1) is 6.58 Å². The lowest BCUT2D eigenvalue weighted by Gasteiger charge is -2.32. The van der Waals surface area contributed by atoms with Crippen molar-refractivity contribution in [3.63, 3.8) is 0 Å². The molecule has 0 radical (unpaired) electrons. The van der Waals surface area contributed by atoms with E-state index in [1.165, 1.54) is 5.56 Å². The first-order valence-electron chi connectivity index (χ1n) is 6.45. The van der Waals surface area contributed by atoms with E-state index in [0.29, 0.717) is 12.5 Å². The van der Waals surface area contributed by atoms with Gasteiger partial charge in [-0.05, 0) is 12.0 Å². The summed E-state index contributed by atoms with van der Waals surface area (Å²) in [5.74, 6) is 0.242. The van der Waals surface area contributed by atoms with Crippen molar-refractivity contribution in [2.24, 2.45) is 0 Å². The first-order valence-corrected chi connectivity index (χ1v) is 6.45. The van der Waals surface area contributed by atoms with Crippen LogP contribution in [-0.2, 0) is 11.3 Å². The number of nitrogens with zero attached hydrogens (tertiary/aromatic N) is 1. The predicted octanol–water partition coefficient (Wildman–Crippen LogP) is 1.95. The van der Waals surface area contributed by atoms with Crippen LogP contribution in [0.2, 0.25) is 0 Å². The zero-order chi connectivity index (χ0) is 12.8. The van der Waals surface area contributed by atoms with Crippen LogP contribution in [0.15, 0.2) is 43.0 Å². The molecule has 1 fully saturated rings. The Morgan fingerprint density at radius 2 is 2.17 bits per heavy atom. The summed E-state index contributed by atoms with van der Waals surface area (Å²) in [6.07, 6.45) is 3.45. The lowest BCUT2D eigenvalue weighted by atomic mass is 10.0. The van der Waals surface area contributed by atoms with E-state index < -0.39 is 0 Å². The Labute approximate surface area is 108 Å². The third kappa shape index (κ3) is 3.44. The van der Waals surface area contributed by atoms with Crippen LogP contribution >= 0.6 is 0 Å². The Morgan fingerprint density at radius 3 is 2.83 bits per heavy atom. The number of rotatable bonds is 5. The molecule has 1 atom stereocenters. The summed E-state index contributed by atoms with van der Waals surface area (Å²) in [5.41, 5.74) is 1.20. The molecule has 1 aliphatic rings. The third-order valence-electron chi connectivity index (χ3n) is 3.29. The van der Waals surface area contributed by atoms with Crippen molar-refractivity contribution >= 4 is 5.91 Å². The van der Waals surface area contributed by atoms with Gasteiger partial charge in [0.2, 0.25) is 5.91 Å². The van der Waals surface area contributed by atoms with E-state index in [9.17, 15) is 4.79 Å². The van der Waals surface area contributed by atoms with Gasteiger partial charge in [0.25, 0.3) is 0 Å². The minimum Gasteiger partial charge on any atom is -0.338 e. The van der Waals surface area contributed by atoms with Crippen molar-refractivity contribution in [3.8, 4) is 0 Å². The molecule has 1 saturated heterocycles. The molecule has 2 rings (SSSR count). The van der Waals surface area contributed by atoms with E-state index in [1.807, 2.05) is 29.2 Å². The highest BCUT2D eigenvalue weighted by molar-refractivity contribution is 5.77. The van der Waals surface area contributed by atoms with Gasteiger partial charge in [-0.2, -0.15) is 0 Å². The van der Waals surface area contributed by atoms with Gasteiger partial charge < -0.3 is 10.2 Å². The van der Waals surface area contributed by atoms with Crippen molar-refractivity contribution in [3.05, 3.63) is 48.6 Å². The van der Waals surface area contributed by atoms with Crippen LogP contribution in [0.25, 0.3) is 0 Å². The largest absolute Gasteiger partial charge is 0.338 e. The summed E-state index contributed by atoms with van der Waals surface area (Å²) in [6, 6.07) is 10.5. The van der Waals surface area contributed by atoms with Gasteiger partial charge >= 0.3 is 0 Å². The third-order valence-corrected chi connectivity index (χ3v) is 3.29. The molecule has 1 aliphatic heterocycles. The highest BCUT2D eigenvalue weighted by Crippen LogP contribution is 2.15. The van der Waals surface area contributed by atoms with Crippen LogP contribution < -0.4 is 5.32 Å². The molecule has 0 aromatic heterocycles. The number of piperidine rings is 1. The zero-order valence-electron chi connectivity index (χ0n) is 10.6. The molecule has 1 heterocycles. The van der Waals surface area contributed by atoms with Crippen molar-refractivity contribution in [1.29, 1.82) is 0 Å². The number of likely N-dealkylation sites (tertiary alicyclic amines) is 1. The quantitative estimate of drug-likeness (QED) is 0.803. The summed E-state index contributed by atoms with van der Waals surface area (Å²) in [7, 11) is 0. The molecule has 0 unspecified atom stereocenters. The average Bonchev–Trinajstić information content (AvgIpc) is 2.40. The first kappa shape index (κ1) is 12.8. The number of hydrogen-bond donors (Lipinski definition) is 1. The second-order valence-corrected chi connectivity index (χ2v) is 4.69. The number of hydrogen-bond acceptors (Lipinski definition) is 2. The average molecular weight is 244 g/mol. The van der Waals surface area contributed by atoms with E-state index in [4.69, 9.17) is 0 Å². The Kier molecular flexibility index (Phi) is 4.53. The Balaban J connectivity index is 1.86.